The zero-order chi connectivity index (χ0) is 18.6. The van der Waals surface area contributed by atoms with Gasteiger partial charge in [-0.05, 0) is 31.4 Å². The van der Waals surface area contributed by atoms with Crippen molar-refractivity contribution in [3.05, 3.63) is 29.5 Å². The molecule has 0 unspecified atom stereocenters. The van der Waals surface area contributed by atoms with Gasteiger partial charge in [0.05, 0.1) is 0 Å². The molecule has 0 saturated carbocycles. The fraction of sp³-hybridized carbons (Fsp3) is 0.500. The lowest BCUT2D eigenvalue weighted by Crippen LogP contribution is -2.41. The molecule has 0 spiro atoms. The highest BCUT2D eigenvalue weighted by atomic mass is 32.2. The number of carbonyl (C=O) groups excluding carboxylic acids is 1. The predicted molar refractivity (Wildman–Crippen MR) is 98.3 cm³/mol. The molecule has 1 fully saturated rings. The lowest BCUT2D eigenvalue weighted by Gasteiger charge is -2.30. The number of rotatable bonds is 6. The normalized spacial score (nSPS) is 16.5. The highest BCUT2D eigenvalue weighted by Gasteiger charge is 2.32. The van der Waals surface area contributed by atoms with Gasteiger partial charge in [-0.2, -0.15) is 4.31 Å². The predicted octanol–water partition coefficient (Wildman–Crippen LogP) is 1.92. The fourth-order valence-electron chi connectivity index (χ4n) is 2.83. The molecule has 0 radical (unpaired) electrons. The van der Waals surface area contributed by atoms with E-state index in [-0.39, 0.29) is 16.7 Å². The Bertz CT molecular complexity index is 846. The maximum Gasteiger partial charge on any atom is 0.244 e. The Kier molecular flexibility index (Phi) is 5.94. The molecular weight excluding hydrogens is 374 g/mol. The number of piperidine rings is 1. The van der Waals surface area contributed by atoms with Gasteiger partial charge in [-0.1, -0.05) is 18.3 Å². The minimum absolute atomic E-state index is 0.123. The Balaban J connectivity index is 1.57. The van der Waals surface area contributed by atoms with Crippen LogP contribution in [-0.2, 0) is 21.2 Å². The van der Waals surface area contributed by atoms with Crippen molar-refractivity contribution in [3.63, 3.8) is 0 Å². The summed E-state index contributed by atoms with van der Waals surface area (Å²) in [4.78, 5) is 16.5. The van der Waals surface area contributed by atoms with Gasteiger partial charge in [0.25, 0.3) is 0 Å². The van der Waals surface area contributed by atoms with E-state index < -0.39 is 10.0 Å². The number of amides is 1. The molecule has 140 valence electrons. The molecule has 3 rings (SSSR count). The molecule has 8 nitrogen and oxygen atoms in total. The second kappa shape index (κ2) is 8.19. The zero-order valence-electron chi connectivity index (χ0n) is 14.5. The summed E-state index contributed by atoms with van der Waals surface area (Å²) in [6.45, 7) is 2.69. The molecule has 10 heteroatoms. The molecule has 1 saturated heterocycles. The first kappa shape index (κ1) is 18.9. The number of aromatic nitrogens is 3. The van der Waals surface area contributed by atoms with Gasteiger partial charge >= 0.3 is 0 Å². The van der Waals surface area contributed by atoms with E-state index in [1.165, 1.54) is 34.1 Å². The maximum atomic E-state index is 12.6. The van der Waals surface area contributed by atoms with Crippen LogP contribution in [0.25, 0.3) is 0 Å². The molecule has 0 aromatic carbocycles. The molecular formula is C16H21N5O3S2. The number of pyridine rings is 1. The van der Waals surface area contributed by atoms with Crippen LogP contribution in [0.15, 0.2) is 29.4 Å². The molecule has 1 amide bonds. The van der Waals surface area contributed by atoms with Gasteiger partial charge in [-0.15, -0.1) is 10.2 Å². The highest BCUT2D eigenvalue weighted by Crippen LogP contribution is 2.25. The zero-order valence-corrected chi connectivity index (χ0v) is 16.1. The minimum Gasteiger partial charge on any atom is -0.300 e. The molecule has 1 aliphatic heterocycles. The average Bonchev–Trinajstić information content (AvgIpc) is 3.10. The first-order chi connectivity index (χ1) is 12.5. The number of hydrogen-bond acceptors (Lipinski definition) is 7. The standard InChI is InChI=1S/C16H21N5O3S2/c1-2-4-14-19-20-16(25-14)18-15(22)12-6-9-21(10-7-12)26(23,24)13-5-3-8-17-11-13/h3,5,8,11-12H,2,4,6-7,9-10H2,1H3,(H,18,20,22). The number of sulfonamides is 1. The van der Waals surface area contributed by atoms with Crippen LogP contribution in [0, 0.1) is 5.92 Å². The third-order valence-corrected chi connectivity index (χ3v) is 7.04. The van der Waals surface area contributed by atoms with Crippen molar-refractivity contribution >= 4 is 32.4 Å². The van der Waals surface area contributed by atoms with E-state index in [2.05, 4.69) is 27.4 Å². The quantitative estimate of drug-likeness (QED) is 0.801. The number of nitrogens with one attached hydrogen (secondary N) is 1. The third-order valence-electron chi connectivity index (χ3n) is 4.26. The summed E-state index contributed by atoms with van der Waals surface area (Å²) < 4.78 is 26.6. The van der Waals surface area contributed by atoms with Crippen LogP contribution in [0.3, 0.4) is 0 Å². The van der Waals surface area contributed by atoms with Gasteiger partial charge in [-0.3, -0.25) is 9.78 Å². The van der Waals surface area contributed by atoms with Crippen LogP contribution in [0.1, 0.15) is 31.2 Å². The van der Waals surface area contributed by atoms with Gasteiger partial charge in [0.1, 0.15) is 9.90 Å². The van der Waals surface area contributed by atoms with Gasteiger partial charge in [-0.25, -0.2) is 8.42 Å². The largest absolute Gasteiger partial charge is 0.300 e. The van der Waals surface area contributed by atoms with Crippen molar-refractivity contribution in [3.8, 4) is 0 Å². The monoisotopic (exact) mass is 395 g/mol. The molecule has 0 aliphatic carbocycles. The van der Waals surface area contributed by atoms with Crippen molar-refractivity contribution in [1.82, 2.24) is 19.5 Å². The Morgan fingerprint density at radius 3 is 2.77 bits per heavy atom. The van der Waals surface area contributed by atoms with E-state index in [1.54, 1.807) is 6.07 Å². The minimum atomic E-state index is -3.55. The molecule has 1 N–H and O–H groups in total. The number of anilines is 1. The molecule has 26 heavy (non-hydrogen) atoms. The van der Waals surface area contributed by atoms with Crippen LogP contribution >= 0.6 is 11.3 Å². The van der Waals surface area contributed by atoms with Crippen molar-refractivity contribution in [1.29, 1.82) is 0 Å². The van der Waals surface area contributed by atoms with E-state index in [0.717, 1.165) is 17.8 Å². The van der Waals surface area contributed by atoms with E-state index in [0.29, 0.717) is 31.1 Å². The van der Waals surface area contributed by atoms with E-state index >= 15 is 0 Å². The molecule has 0 atom stereocenters. The summed E-state index contributed by atoms with van der Waals surface area (Å²) in [5.41, 5.74) is 0. The lowest BCUT2D eigenvalue weighted by atomic mass is 9.97. The van der Waals surface area contributed by atoms with Crippen molar-refractivity contribution < 1.29 is 13.2 Å². The molecule has 2 aromatic heterocycles. The second-order valence-electron chi connectivity index (χ2n) is 6.11. The van der Waals surface area contributed by atoms with Crippen LogP contribution in [0.2, 0.25) is 0 Å². The van der Waals surface area contributed by atoms with Crippen LogP contribution in [0.5, 0.6) is 0 Å². The molecule has 0 bridgehead atoms. The molecule has 2 aromatic rings. The summed E-state index contributed by atoms with van der Waals surface area (Å²) in [6, 6.07) is 3.13. The summed E-state index contributed by atoms with van der Waals surface area (Å²) in [5.74, 6) is -0.350. The van der Waals surface area contributed by atoms with Gasteiger partial charge in [0.2, 0.25) is 21.1 Å². The van der Waals surface area contributed by atoms with E-state index in [1.807, 2.05) is 0 Å². The van der Waals surface area contributed by atoms with Crippen LogP contribution in [-0.4, -0.2) is 46.9 Å². The third kappa shape index (κ3) is 4.25. The van der Waals surface area contributed by atoms with Gasteiger partial charge in [0, 0.05) is 37.8 Å². The summed E-state index contributed by atoms with van der Waals surface area (Å²) in [7, 11) is -3.55. The molecule has 3 heterocycles. The smallest absolute Gasteiger partial charge is 0.244 e. The lowest BCUT2D eigenvalue weighted by molar-refractivity contribution is -0.120. The summed E-state index contributed by atoms with van der Waals surface area (Å²) in [6.07, 6.45) is 5.66. The van der Waals surface area contributed by atoms with Crippen molar-refractivity contribution in [2.75, 3.05) is 18.4 Å². The SMILES string of the molecule is CCCc1nnc(NC(=O)C2CCN(S(=O)(=O)c3cccnc3)CC2)s1. The fourth-order valence-corrected chi connectivity index (χ4v) is 5.11. The summed E-state index contributed by atoms with van der Waals surface area (Å²) in [5, 5.41) is 12.2. The van der Waals surface area contributed by atoms with Crippen LogP contribution < -0.4 is 5.32 Å². The van der Waals surface area contributed by atoms with Crippen molar-refractivity contribution in [2.45, 2.75) is 37.5 Å². The highest BCUT2D eigenvalue weighted by molar-refractivity contribution is 7.89. The summed E-state index contributed by atoms with van der Waals surface area (Å²) >= 11 is 1.38. The Morgan fingerprint density at radius 1 is 1.35 bits per heavy atom. The number of nitrogens with zero attached hydrogens (tertiary/aromatic N) is 4. The second-order valence-corrected chi connectivity index (χ2v) is 9.11. The van der Waals surface area contributed by atoms with Crippen molar-refractivity contribution in [2.24, 2.45) is 5.92 Å². The maximum absolute atomic E-state index is 12.6. The number of aryl methyl sites for hydroxylation is 1. The van der Waals surface area contributed by atoms with Gasteiger partial charge < -0.3 is 5.32 Å². The van der Waals surface area contributed by atoms with Crippen LogP contribution in [0.4, 0.5) is 5.13 Å². The van der Waals surface area contributed by atoms with Gasteiger partial charge in [0.15, 0.2) is 0 Å². The number of hydrogen-bond donors (Lipinski definition) is 1. The van der Waals surface area contributed by atoms with E-state index in [4.69, 9.17) is 0 Å². The first-order valence-corrected chi connectivity index (χ1v) is 10.8. The first-order valence-electron chi connectivity index (χ1n) is 8.54. The van der Waals surface area contributed by atoms with E-state index in [9.17, 15) is 13.2 Å². The Hall–Kier alpha value is -1.91. The Labute approximate surface area is 156 Å². The Morgan fingerprint density at radius 2 is 2.12 bits per heavy atom. The topological polar surface area (TPSA) is 105 Å². The molecule has 1 aliphatic rings. The average molecular weight is 396 g/mol. The number of carbonyl (C=O) groups is 1.